The first-order valence-electron chi connectivity index (χ1n) is 8.95. The van der Waals surface area contributed by atoms with Crippen molar-refractivity contribution in [1.29, 1.82) is 0 Å². The zero-order valence-corrected chi connectivity index (χ0v) is 16.1. The Bertz CT molecular complexity index is 1180. The fourth-order valence-corrected chi connectivity index (χ4v) is 2.59. The SMILES string of the molecule is C=CC(=O)Nc1cc(NC(=O)c2cccnc2Oc2ccccc2C(N)=O)ccc1F. The molecule has 9 heteroatoms. The number of aromatic nitrogens is 1. The van der Waals surface area contributed by atoms with E-state index in [1.807, 2.05) is 0 Å². The van der Waals surface area contributed by atoms with Crippen molar-refractivity contribution >= 4 is 29.1 Å². The molecule has 0 aliphatic rings. The van der Waals surface area contributed by atoms with E-state index in [4.69, 9.17) is 10.5 Å². The number of nitrogens with two attached hydrogens (primary N) is 1. The van der Waals surface area contributed by atoms with Crippen LogP contribution in [0.4, 0.5) is 15.8 Å². The standard InChI is InChI=1S/C22H17FN4O4/c1-2-19(28)27-17-12-13(9-10-16(17)23)26-21(30)15-7-5-11-25-22(15)31-18-8-4-3-6-14(18)20(24)29/h2-12H,1H2,(H2,24,29)(H,26,30)(H,27,28). The van der Waals surface area contributed by atoms with Crippen LogP contribution in [-0.4, -0.2) is 22.7 Å². The van der Waals surface area contributed by atoms with Gasteiger partial charge in [0.1, 0.15) is 17.1 Å². The molecule has 3 aromatic rings. The number of hydrogen-bond donors (Lipinski definition) is 3. The average Bonchev–Trinajstić information content (AvgIpc) is 2.76. The maximum absolute atomic E-state index is 13.9. The van der Waals surface area contributed by atoms with E-state index in [9.17, 15) is 18.8 Å². The fourth-order valence-electron chi connectivity index (χ4n) is 2.59. The van der Waals surface area contributed by atoms with Gasteiger partial charge in [0.15, 0.2) is 0 Å². The van der Waals surface area contributed by atoms with Crippen LogP contribution in [-0.2, 0) is 4.79 Å². The van der Waals surface area contributed by atoms with Gasteiger partial charge >= 0.3 is 0 Å². The van der Waals surface area contributed by atoms with Gasteiger partial charge in [-0.3, -0.25) is 14.4 Å². The second kappa shape index (κ2) is 9.31. The van der Waals surface area contributed by atoms with Gasteiger partial charge in [0.25, 0.3) is 11.8 Å². The number of amides is 3. The smallest absolute Gasteiger partial charge is 0.261 e. The Morgan fingerprint density at radius 1 is 1.03 bits per heavy atom. The maximum atomic E-state index is 13.9. The molecule has 0 atom stereocenters. The molecule has 0 fully saturated rings. The summed E-state index contributed by atoms with van der Waals surface area (Å²) in [6.07, 6.45) is 2.41. The molecule has 2 aromatic carbocycles. The van der Waals surface area contributed by atoms with Crippen LogP contribution in [0.5, 0.6) is 11.6 Å². The number of pyridine rings is 1. The summed E-state index contributed by atoms with van der Waals surface area (Å²) in [6, 6.07) is 12.9. The third kappa shape index (κ3) is 5.10. The number of nitrogens with zero attached hydrogens (tertiary/aromatic N) is 1. The van der Waals surface area contributed by atoms with Crippen molar-refractivity contribution in [3.8, 4) is 11.6 Å². The number of nitrogens with one attached hydrogen (secondary N) is 2. The molecule has 0 aliphatic heterocycles. The van der Waals surface area contributed by atoms with Crippen molar-refractivity contribution in [3.63, 3.8) is 0 Å². The van der Waals surface area contributed by atoms with Gasteiger partial charge in [-0.25, -0.2) is 9.37 Å². The van der Waals surface area contributed by atoms with E-state index in [0.717, 1.165) is 12.1 Å². The Labute approximate surface area is 176 Å². The monoisotopic (exact) mass is 420 g/mol. The lowest BCUT2D eigenvalue weighted by molar-refractivity contribution is -0.111. The second-order valence-corrected chi connectivity index (χ2v) is 6.16. The summed E-state index contributed by atoms with van der Waals surface area (Å²) in [5.74, 6) is -2.50. The van der Waals surface area contributed by atoms with E-state index in [0.29, 0.717) is 0 Å². The lowest BCUT2D eigenvalue weighted by atomic mass is 10.2. The van der Waals surface area contributed by atoms with E-state index in [1.54, 1.807) is 12.1 Å². The lowest BCUT2D eigenvalue weighted by Crippen LogP contribution is -2.15. The molecule has 0 unspecified atom stereocenters. The molecular weight excluding hydrogens is 403 g/mol. The number of hydrogen-bond acceptors (Lipinski definition) is 5. The van der Waals surface area contributed by atoms with Crippen molar-refractivity contribution in [2.24, 2.45) is 5.73 Å². The lowest BCUT2D eigenvalue weighted by Gasteiger charge is -2.13. The van der Waals surface area contributed by atoms with Crippen LogP contribution in [0.25, 0.3) is 0 Å². The Hall–Kier alpha value is -4.53. The van der Waals surface area contributed by atoms with Crippen LogP contribution in [0.2, 0.25) is 0 Å². The molecule has 0 saturated heterocycles. The Kier molecular flexibility index (Phi) is 6.36. The third-order valence-electron chi connectivity index (χ3n) is 4.04. The normalized spacial score (nSPS) is 10.1. The van der Waals surface area contributed by atoms with E-state index < -0.39 is 23.5 Å². The molecule has 0 spiro atoms. The Morgan fingerprint density at radius 3 is 2.52 bits per heavy atom. The number of carbonyl (C=O) groups is 3. The number of carbonyl (C=O) groups excluding carboxylic acids is 3. The van der Waals surface area contributed by atoms with Crippen molar-refractivity contribution in [2.45, 2.75) is 0 Å². The van der Waals surface area contributed by atoms with Gasteiger partial charge in [-0.2, -0.15) is 0 Å². The molecule has 3 rings (SSSR count). The maximum Gasteiger partial charge on any atom is 0.261 e. The number of ether oxygens (including phenoxy) is 1. The Balaban J connectivity index is 1.86. The number of rotatable bonds is 7. The summed E-state index contributed by atoms with van der Waals surface area (Å²) in [5.41, 5.74) is 5.63. The number of anilines is 2. The average molecular weight is 420 g/mol. The molecule has 0 saturated carbocycles. The van der Waals surface area contributed by atoms with Crippen LogP contribution in [0.3, 0.4) is 0 Å². The van der Waals surface area contributed by atoms with Gasteiger partial charge in [0.2, 0.25) is 11.8 Å². The quantitative estimate of drug-likeness (QED) is 0.505. The molecule has 0 aliphatic carbocycles. The predicted molar refractivity (Wildman–Crippen MR) is 112 cm³/mol. The minimum absolute atomic E-state index is 0.0581. The molecule has 156 valence electrons. The van der Waals surface area contributed by atoms with Gasteiger partial charge in [-0.05, 0) is 48.5 Å². The first-order chi connectivity index (χ1) is 14.9. The first kappa shape index (κ1) is 21.2. The largest absolute Gasteiger partial charge is 0.437 e. The van der Waals surface area contributed by atoms with Gasteiger partial charge in [-0.15, -0.1) is 0 Å². The minimum Gasteiger partial charge on any atom is -0.437 e. The van der Waals surface area contributed by atoms with E-state index in [-0.39, 0.29) is 34.1 Å². The highest BCUT2D eigenvalue weighted by Crippen LogP contribution is 2.27. The summed E-state index contributed by atoms with van der Waals surface area (Å²) in [6.45, 7) is 3.30. The zero-order valence-electron chi connectivity index (χ0n) is 16.1. The van der Waals surface area contributed by atoms with Crippen molar-refractivity contribution in [1.82, 2.24) is 4.98 Å². The molecule has 0 bridgehead atoms. The second-order valence-electron chi connectivity index (χ2n) is 6.16. The summed E-state index contributed by atoms with van der Waals surface area (Å²) < 4.78 is 19.6. The topological polar surface area (TPSA) is 123 Å². The van der Waals surface area contributed by atoms with Crippen LogP contribution >= 0.6 is 0 Å². The highest BCUT2D eigenvalue weighted by Gasteiger charge is 2.18. The minimum atomic E-state index is -0.696. The summed E-state index contributed by atoms with van der Waals surface area (Å²) in [5, 5.41) is 4.90. The van der Waals surface area contributed by atoms with E-state index >= 15 is 0 Å². The Morgan fingerprint density at radius 2 is 1.77 bits per heavy atom. The molecule has 31 heavy (non-hydrogen) atoms. The number of primary amides is 1. The van der Waals surface area contributed by atoms with Crippen LogP contribution in [0, 0.1) is 5.82 Å². The fraction of sp³-hybridized carbons (Fsp3) is 0. The zero-order chi connectivity index (χ0) is 22.4. The van der Waals surface area contributed by atoms with Gasteiger partial charge in [0.05, 0.1) is 11.3 Å². The van der Waals surface area contributed by atoms with Gasteiger partial charge < -0.3 is 21.1 Å². The van der Waals surface area contributed by atoms with Gasteiger partial charge in [0, 0.05) is 11.9 Å². The summed E-state index contributed by atoms with van der Waals surface area (Å²) >= 11 is 0. The molecule has 0 radical (unpaired) electrons. The first-order valence-corrected chi connectivity index (χ1v) is 8.95. The molecule has 8 nitrogen and oxygen atoms in total. The van der Waals surface area contributed by atoms with E-state index in [1.165, 1.54) is 42.6 Å². The molecule has 3 amide bonds. The predicted octanol–water partition coefficient (Wildman–Crippen LogP) is 3.49. The van der Waals surface area contributed by atoms with Crippen LogP contribution < -0.4 is 21.1 Å². The van der Waals surface area contributed by atoms with Crippen molar-refractivity contribution < 1.29 is 23.5 Å². The van der Waals surface area contributed by atoms with Crippen LogP contribution in [0.1, 0.15) is 20.7 Å². The summed E-state index contributed by atoms with van der Waals surface area (Å²) in [7, 11) is 0. The highest BCUT2D eigenvalue weighted by molar-refractivity contribution is 6.06. The number of para-hydroxylation sites is 1. The van der Waals surface area contributed by atoms with Crippen LogP contribution in [0.15, 0.2) is 73.4 Å². The summed E-state index contributed by atoms with van der Waals surface area (Å²) in [4.78, 5) is 39.9. The molecular formula is C22H17FN4O4. The third-order valence-corrected chi connectivity index (χ3v) is 4.04. The highest BCUT2D eigenvalue weighted by atomic mass is 19.1. The number of halogens is 1. The molecule has 1 aromatic heterocycles. The van der Waals surface area contributed by atoms with Gasteiger partial charge in [-0.1, -0.05) is 18.7 Å². The van der Waals surface area contributed by atoms with E-state index in [2.05, 4.69) is 22.2 Å². The molecule has 1 heterocycles. The number of benzene rings is 2. The van der Waals surface area contributed by atoms with Crippen molar-refractivity contribution in [2.75, 3.05) is 10.6 Å². The molecule has 4 N–H and O–H groups in total. The van der Waals surface area contributed by atoms with Crippen molar-refractivity contribution in [3.05, 3.63) is 90.4 Å².